The summed E-state index contributed by atoms with van der Waals surface area (Å²) in [5.74, 6) is -0.442. The predicted octanol–water partition coefficient (Wildman–Crippen LogP) is 5.33. The zero-order valence-corrected chi connectivity index (χ0v) is 20.2. The number of hydrogen-bond acceptors (Lipinski definition) is 6. The number of carbonyl (C=O) groups excluding carboxylic acids is 3. The molecule has 0 radical (unpaired) electrons. The lowest BCUT2D eigenvalue weighted by atomic mass is 9.91. The molecule has 0 fully saturated rings. The van der Waals surface area contributed by atoms with Crippen molar-refractivity contribution in [3.05, 3.63) is 68.7 Å². The Morgan fingerprint density at radius 1 is 1.23 bits per heavy atom. The molecule has 0 atom stereocenters. The lowest BCUT2D eigenvalue weighted by molar-refractivity contribution is -0.143. The Hall–Kier alpha value is -3.78. The third kappa shape index (κ3) is 4.74. The number of thiophene rings is 1. The van der Waals surface area contributed by atoms with Gasteiger partial charge in [0.15, 0.2) is 5.78 Å². The van der Waals surface area contributed by atoms with E-state index in [-0.39, 0.29) is 24.1 Å². The van der Waals surface area contributed by atoms with E-state index < -0.39 is 0 Å². The van der Waals surface area contributed by atoms with Gasteiger partial charge in [-0.2, -0.15) is 11.3 Å². The minimum absolute atomic E-state index is 0.0762. The van der Waals surface area contributed by atoms with Crippen LogP contribution in [0.25, 0.3) is 11.6 Å². The van der Waals surface area contributed by atoms with Gasteiger partial charge < -0.3 is 15.0 Å². The Kier molecular flexibility index (Phi) is 6.46. The molecule has 0 saturated carbocycles. The molecular weight excluding hydrogens is 462 g/mol. The molecule has 2 N–H and O–H groups in total. The standard InChI is InChI=1S/C27H25N3O4S/c1-2-34-25(32)9-7-18-23(29-22-4-3-5-24(31)26(18)22)13-20-19-12-17(6-8-21(19)30-27(20)33)28-14-16-10-11-35-15-16/h6,8,10-15,29H,2-5,7,9H2,1H3,(H,30,33)/b20-13-,28-14?. The molecule has 8 heteroatoms. The number of carbonyl (C=O) groups is 3. The van der Waals surface area contributed by atoms with Gasteiger partial charge in [0, 0.05) is 52.8 Å². The van der Waals surface area contributed by atoms with Gasteiger partial charge >= 0.3 is 5.97 Å². The lowest BCUT2D eigenvalue weighted by Crippen LogP contribution is -2.12. The Labute approximate surface area is 206 Å². The number of fused-ring (bicyclic) bond motifs is 2. The highest BCUT2D eigenvalue weighted by Crippen LogP contribution is 2.37. The molecule has 0 unspecified atom stereocenters. The number of aryl methyl sites for hydroxylation is 1. The number of nitrogens with zero attached hydrogens (tertiary/aromatic N) is 1. The van der Waals surface area contributed by atoms with Crippen LogP contribution in [0.4, 0.5) is 11.4 Å². The van der Waals surface area contributed by atoms with Crippen LogP contribution < -0.4 is 5.32 Å². The van der Waals surface area contributed by atoms with E-state index in [2.05, 4.69) is 15.3 Å². The van der Waals surface area contributed by atoms with Crippen molar-refractivity contribution in [2.24, 2.45) is 4.99 Å². The van der Waals surface area contributed by atoms with Crippen LogP contribution in [0.2, 0.25) is 0 Å². The van der Waals surface area contributed by atoms with Crippen LogP contribution in [0, 0.1) is 0 Å². The van der Waals surface area contributed by atoms with E-state index in [1.807, 2.05) is 35.0 Å². The number of benzene rings is 1. The minimum Gasteiger partial charge on any atom is -0.466 e. The first-order valence-corrected chi connectivity index (χ1v) is 12.6. The van der Waals surface area contributed by atoms with Crippen molar-refractivity contribution in [1.29, 1.82) is 0 Å². The summed E-state index contributed by atoms with van der Waals surface area (Å²) in [7, 11) is 0. The molecule has 5 rings (SSSR count). The molecule has 1 aromatic carbocycles. The third-order valence-electron chi connectivity index (χ3n) is 6.19. The number of rotatable bonds is 7. The van der Waals surface area contributed by atoms with Crippen LogP contribution in [0.1, 0.15) is 64.6 Å². The SMILES string of the molecule is CCOC(=O)CCc1c(/C=C2\C(=O)Nc3ccc(N=Cc4ccsc4)cc32)[nH]c2c1C(=O)CCC2. The molecule has 1 aliphatic heterocycles. The molecule has 0 bridgehead atoms. The average molecular weight is 488 g/mol. The maximum atomic E-state index is 12.9. The van der Waals surface area contributed by atoms with Crippen molar-refractivity contribution in [3.8, 4) is 0 Å². The van der Waals surface area contributed by atoms with Gasteiger partial charge in [-0.25, -0.2) is 0 Å². The Morgan fingerprint density at radius 3 is 2.91 bits per heavy atom. The highest BCUT2D eigenvalue weighted by molar-refractivity contribution is 7.08. The number of nitrogens with one attached hydrogen (secondary N) is 2. The number of hydrogen-bond donors (Lipinski definition) is 2. The number of ketones is 1. The van der Waals surface area contributed by atoms with Gasteiger partial charge in [-0.3, -0.25) is 19.4 Å². The molecular formula is C27H25N3O4S. The van der Waals surface area contributed by atoms with Gasteiger partial charge in [0.1, 0.15) is 0 Å². The Morgan fingerprint density at radius 2 is 2.11 bits per heavy atom. The van der Waals surface area contributed by atoms with Gasteiger partial charge in [-0.15, -0.1) is 0 Å². The fourth-order valence-electron chi connectivity index (χ4n) is 4.58. The van der Waals surface area contributed by atoms with Gasteiger partial charge in [-0.1, -0.05) is 0 Å². The number of aromatic amines is 1. The predicted molar refractivity (Wildman–Crippen MR) is 138 cm³/mol. The van der Waals surface area contributed by atoms with E-state index in [1.165, 1.54) is 0 Å². The average Bonchev–Trinajstić information content (AvgIpc) is 3.55. The largest absolute Gasteiger partial charge is 0.466 e. The highest BCUT2D eigenvalue weighted by Gasteiger charge is 2.29. The first kappa shape index (κ1) is 23.0. The number of amides is 1. The van der Waals surface area contributed by atoms with Gasteiger partial charge in [0.05, 0.1) is 17.9 Å². The highest BCUT2D eigenvalue weighted by atomic mass is 32.1. The van der Waals surface area contributed by atoms with Gasteiger partial charge in [-0.05, 0) is 72.9 Å². The molecule has 35 heavy (non-hydrogen) atoms. The number of ether oxygens (including phenoxy) is 1. The van der Waals surface area contributed by atoms with Crippen molar-refractivity contribution >= 4 is 58.2 Å². The summed E-state index contributed by atoms with van der Waals surface area (Å²) in [5.41, 5.74) is 6.74. The van der Waals surface area contributed by atoms with E-state index in [0.29, 0.717) is 36.3 Å². The number of esters is 1. The van der Waals surface area contributed by atoms with E-state index in [4.69, 9.17) is 4.74 Å². The van der Waals surface area contributed by atoms with Crippen LogP contribution in [-0.2, 0) is 27.2 Å². The minimum atomic E-state index is -0.304. The fourth-order valence-corrected chi connectivity index (χ4v) is 5.19. The topological polar surface area (TPSA) is 101 Å². The molecule has 0 spiro atoms. The summed E-state index contributed by atoms with van der Waals surface area (Å²) in [5, 5.41) is 6.92. The Bertz CT molecular complexity index is 1370. The van der Waals surface area contributed by atoms with Crippen LogP contribution in [0.3, 0.4) is 0 Å². The normalized spacial score (nSPS) is 16.0. The lowest BCUT2D eigenvalue weighted by Gasteiger charge is -2.11. The summed E-state index contributed by atoms with van der Waals surface area (Å²) in [6.07, 6.45) is 6.17. The zero-order chi connectivity index (χ0) is 24.4. The summed E-state index contributed by atoms with van der Waals surface area (Å²) in [6.45, 7) is 2.08. The first-order chi connectivity index (χ1) is 17.0. The molecule has 7 nitrogen and oxygen atoms in total. The van der Waals surface area contributed by atoms with Crippen molar-refractivity contribution in [1.82, 2.24) is 4.98 Å². The number of Topliss-reactive ketones (excluding diaryl/α,β-unsaturated/α-hetero) is 1. The van der Waals surface area contributed by atoms with Crippen molar-refractivity contribution in [3.63, 3.8) is 0 Å². The first-order valence-electron chi connectivity index (χ1n) is 11.7. The van der Waals surface area contributed by atoms with Gasteiger partial charge in [0.25, 0.3) is 5.91 Å². The number of aliphatic imine (C=N–C) groups is 1. The van der Waals surface area contributed by atoms with Crippen LogP contribution >= 0.6 is 11.3 Å². The monoisotopic (exact) mass is 487 g/mol. The molecule has 1 aliphatic carbocycles. The van der Waals surface area contributed by atoms with E-state index in [1.54, 1.807) is 30.6 Å². The molecule has 2 aromatic heterocycles. The van der Waals surface area contributed by atoms with E-state index >= 15 is 0 Å². The van der Waals surface area contributed by atoms with Crippen molar-refractivity contribution < 1.29 is 19.1 Å². The molecule has 3 aromatic rings. The zero-order valence-electron chi connectivity index (χ0n) is 19.3. The summed E-state index contributed by atoms with van der Waals surface area (Å²) < 4.78 is 5.08. The molecule has 1 amide bonds. The van der Waals surface area contributed by atoms with Crippen LogP contribution in [0.5, 0.6) is 0 Å². The van der Waals surface area contributed by atoms with Crippen LogP contribution in [-0.4, -0.2) is 35.5 Å². The summed E-state index contributed by atoms with van der Waals surface area (Å²) >= 11 is 1.61. The third-order valence-corrected chi connectivity index (χ3v) is 6.89. The summed E-state index contributed by atoms with van der Waals surface area (Å²) in [6, 6.07) is 7.58. The van der Waals surface area contributed by atoms with E-state index in [9.17, 15) is 14.4 Å². The van der Waals surface area contributed by atoms with Crippen LogP contribution in [0.15, 0.2) is 40.0 Å². The second-order valence-electron chi connectivity index (χ2n) is 8.51. The molecule has 0 saturated heterocycles. The molecule has 2 aliphatic rings. The van der Waals surface area contributed by atoms with E-state index in [0.717, 1.165) is 46.6 Å². The summed E-state index contributed by atoms with van der Waals surface area (Å²) in [4.78, 5) is 45.6. The number of aromatic nitrogens is 1. The molecule has 178 valence electrons. The maximum Gasteiger partial charge on any atom is 0.306 e. The fraction of sp³-hybridized carbons (Fsp3) is 0.259. The van der Waals surface area contributed by atoms with Crippen molar-refractivity contribution in [2.45, 2.75) is 39.0 Å². The number of H-pyrrole nitrogens is 1. The van der Waals surface area contributed by atoms with Crippen molar-refractivity contribution in [2.75, 3.05) is 11.9 Å². The maximum absolute atomic E-state index is 12.9. The second-order valence-corrected chi connectivity index (χ2v) is 9.29. The van der Waals surface area contributed by atoms with Gasteiger partial charge in [0.2, 0.25) is 0 Å². The molecule has 3 heterocycles. The second kappa shape index (κ2) is 9.84. The smallest absolute Gasteiger partial charge is 0.306 e. The Balaban J connectivity index is 1.52. The number of anilines is 1. The quantitative estimate of drug-likeness (QED) is 0.267.